The topological polar surface area (TPSA) is 77.1 Å². The molecule has 0 aliphatic rings. The van der Waals surface area contributed by atoms with Gasteiger partial charge in [0.2, 0.25) is 5.88 Å². The van der Waals surface area contributed by atoms with E-state index < -0.39 is 0 Å². The molecular formula is C13H12ClN3O2. The third kappa shape index (κ3) is 1.74. The highest BCUT2D eigenvalue weighted by Crippen LogP contribution is 2.40. The van der Waals surface area contributed by atoms with Crippen LogP contribution in [-0.4, -0.2) is 17.3 Å². The fourth-order valence-corrected chi connectivity index (χ4v) is 2.51. The average molecular weight is 278 g/mol. The molecule has 0 aliphatic carbocycles. The molecule has 3 aromatic rings. The summed E-state index contributed by atoms with van der Waals surface area (Å²) in [5.74, 6) is 0.994. The van der Waals surface area contributed by atoms with Gasteiger partial charge in [-0.25, -0.2) is 0 Å². The van der Waals surface area contributed by atoms with Gasteiger partial charge in [0.25, 0.3) is 0 Å². The van der Waals surface area contributed by atoms with Crippen molar-refractivity contribution < 1.29 is 9.26 Å². The van der Waals surface area contributed by atoms with Crippen molar-refractivity contribution in [3.63, 3.8) is 0 Å². The first-order valence-corrected chi connectivity index (χ1v) is 6.07. The van der Waals surface area contributed by atoms with Gasteiger partial charge in [-0.3, -0.25) is 0 Å². The first kappa shape index (κ1) is 11.9. The Hall–Kier alpha value is -2.14. The summed E-state index contributed by atoms with van der Waals surface area (Å²) in [5, 5.41) is 5.42. The quantitative estimate of drug-likeness (QED) is 0.753. The highest BCUT2D eigenvalue weighted by atomic mass is 35.5. The number of rotatable bonds is 2. The largest absolute Gasteiger partial charge is 0.495 e. The van der Waals surface area contributed by atoms with Gasteiger partial charge in [0.1, 0.15) is 11.4 Å². The van der Waals surface area contributed by atoms with Gasteiger partial charge in [-0.1, -0.05) is 16.8 Å². The molecule has 3 N–H and O–H groups in total. The second kappa shape index (κ2) is 4.20. The van der Waals surface area contributed by atoms with Gasteiger partial charge in [0.15, 0.2) is 0 Å². The van der Waals surface area contributed by atoms with Crippen molar-refractivity contribution in [1.29, 1.82) is 0 Å². The number of nitrogen functional groups attached to an aromatic ring is 1. The molecule has 0 bridgehead atoms. The van der Waals surface area contributed by atoms with E-state index in [0.29, 0.717) is 10.7 Å². The number of benzene rings is 1. The average Bonchev–Trinajstić information content (AvgIpc) is 2.93. The van der Waals surface area contributed by atoms with Gasteiger partial charge in [-0.2, -0.15) is 0 Å². The van der Waals surface area contributed by atoms with Crippen molar-refractivity contribution in [3.05, 3.63) is 28.9 Å². The first-order chi connectivity index (χ1) is 9.11. The number of aromatic nitrogens is 2. The number of aromatic amines is 1. The normalized spacial score (nSPS) is 11.1. The molecule has 1 aromatic carbocycles. The van der Waals surface area contributed by atoms with E-state index in [1.165, 1.54) is 0 Å². The molecule has 0 fully saturated rings. The zero-order chi connectivity index (χ0) is 13.6. The van der Waals surface area contributed by atoms with Crippen molar-refractivity contribution in [2.24, 2.45) is 0 Å². The van der Waals surface area contributed by atoms with Crippen LogP contribution in [0.2, 0.25) is 5.02 Å². The van der Waals surface area contributed by atoms with Crippen LogP contribution in [0.4, 0.5) is 5.88 Å². The molecule has 0 spiro atoms. The molecule has 5 nitrogen and oxygen atoms in total. The van der Waals surface area contributed by atoms with Gasteiger partial charge in [0.05, 0.1) is 17.6 Å². The zero-order valence-corrected chi connectivity index (χ0v) is 11.2. The first-order valence-electron chi connectivity index (χ1n) is 5.69. The molecule has 3 rings (SSSR count). The minimum absolute atomic E-state index is 0.266. The fraction of sp³-hybridized carbons (Fsp3) is 0.154. The number of anilines is 1. The lowest BCUT2D eigenvalue weighted by Gasteiger charge is -2.03. The summed E-state index contributed by atoms with van der Waals surface area (Å²) in [5.41, 5.74) is 8.86. The molecule has 0 aliphatic heterocycles. The number of H-pyrrole nitrogens is 1. The lowest BCUT2D eigenvalue weighted by molar-refractivity contribution is 0.419. The number of aryl methyl sites for hydroxylation is 1. The Morgan fingerprint density at radius 2 is 2.21 bits per heavy atom. The fourth-order valence-electron chi connectivity index (χ4n) is 2.26. The van der Waals surface area contributed by atoms with Crippen LogP contribution in [0.5, 0.6) is 5.75 Å². The Kier molecular flexibility index (Phi) is 2.64. The second-order valence-electron chi connectivity index (χ2n) is 4.24. The minimum Gasteiger partial charge on any atom is -0.495 e. The Morgan fingerprint density at radius 3 is 2.84 bits per heavy atom. The highest BCUT2D eigenvalue weighted by molar-refractivity contribution is 6.37. The van der Waals surface area contributed by atoms with E-state index >= 15 is 0 Å². The van der Waals surface area contributed by atoms with Crippen LogP contribution in [0.3, 0.4) is 0 Å². The Balaban J connectivity index is 2.39. The molecule has 2 aromatic heterocycles. The maximum atomic E-state index is 6.30. The molecule has 98 valence electrons. The zero-order valence-electron chi connectivity index (χ0n) is 10.5. The number of nitrogens with two attached hydrogens (primary N) is 1. The molecule has 19 heavy (non-hydrogen) atoms. The van der Waals surface area contributed by atoms with Crippen LogP contribution in [0.1, 0.15) is 5.69 Å². The number of hydrogen-bond donors (Lipinski definition) is 2. The van der Waals surface area contributed by atoms with Crippen LogP contribution in [-0.2, 0) is 0 Å². The van der Waals surface area contributed by atoms with Crippen LogP contribution in [0.15, 0.2) is 22.7 Å². The smallest absolute Gasteiger partial charge is 0.222 e. The van der Waals surface area contributed by atoms with Crippen LogP contribution >= 0.6 is 11.6 Å². The Labute approximate surface area is 114 Å². The number of methoxy groups -OCH3 is 1. The third-order valence-electron chi connectivity index (χ3n) is 3.06. The van der Waals surface area contributed by atoms with E-state index in [1.807, 2.05) is 13.0 Å². The van der Waals surface area contributed by atoms with Crippen LogP contribution in [0, 0.1) is 6.92 Å². The molecule has 0 unspecified atom stereocenters. The maximum absolute atomic E-state index is 6.30. The minimum atomic E-state index is 0.266. The van der Waals surface area contributed by atoms with Crippen molar-refractivity contribution in [2.45, 2.75) is 6.92 Å². The van der Waals surface area contributed by atoms with Gasteiger partial charge in [0, 0.05) is 22.7 Å². The van der Waals surface area contributed by atoms with Crippen molar-refractivity contribution in [1.82, 2.24) is 10.1 Å². The summed E-state index contributed by atoms with van der Waals surface area (Å²) in [7, 11) is 1.62. The van der Waals surface area contributed by atoms with E-state index in [9.17, 15) is 0 Å². The number of nitrogens with zero attached hydrogens (tertiary/aromatic N) is 1. The molecule has 0 saturated carbocycles. The standard InChI is InChI=1S/C13H12ClN3O2/c1-6-11(8-5-10(15)19-17-8)12-7(14)3-4-9(18-2)13(12)16-6/h3-5,16H,15H2,1-2H3. The highest BCUT2D eigenvalue weighted by Gasteiger charge is 2.19. The van der Waals surface area contributed by atoms with E-state index in [2.05, 4.69) is 10.1 Å². The summed E-state index contributed by atoms with van der Waals surface area (Å²) in [6.45, 7) is 1.94. The van der Waals surface area contributed by atoms with Crippen molar-refractivity contribution in [3.8, 4) is 17.0 Å². The predicted octanol–water partition coefficient (Wildman–Crippen LogP) is 3.38. The van der Waals surface area contributed by atoms with E-state index in [-0.39, 0.29) is 5.88 Å². The summed E-state index contributed by atoms with van der Waals surface area (Å²) >= 11 is 6.30. The number of ether oxygens (including phenoxy) is 1. The SMILES string of the molecule is COc1ccc(Cl)c2c(-c3cc(N)on3)c(C)[nH]c12. The summed E-state index contributed by atoms with van der Waals surface area (Å²) in [4.78, 5) is 3.26. The molecule has 2 heterocycles. The van der Waals surface area contributed by atoms with E-state index in [0.717, 1.165) is 27.9 Å². The predicted molar refractivity (Wildman–Crippen MR) is 74.5 cm³/mol. The molecular weight excluding hydrogens is 266 g/mol. The van der Waals surface area contributed by atoms with Crippen molar-refractivity contribution in [2.75, 3.05) is 12.8 Å². The van der Waals surface area contributed by atoms with Gasteiger partial charge in [-0.05, 0) is 19.1 Å². The monoisotopic (exact) mass is 277 g/mol. The summed E-state index contributed by atoms with van der Waals surface area (Å²) in [6.07, 6.45) is 0. The molecule has 0 atom stereocenters. The molecule has 0 radical (unpaired) electrons. The van der Waals surface area contributed by atoms with Gasteiger partial charge < -0.3 is 20.0 Å². The van der Waals surface area contributed by atoms with E-state index in [1.54, 1.807) is 19.2 Å². The number of nitrogens with one attached hydrogen (secondary N) is 1. The van der Waals surface area contributed by atoms with Gasteiger partial charge >= 0.3 is 0 Å². The molecule has 0 amide bonds. The number of hydrogen-bond acceptors (Lipinski definition) is 4. The van der Waals surface area contributed by atoms with Gasteiger partial charge in [-0.15, -0.1) is 0 Å². The van der Waals surface area contributed by atoms with Crippen molar-refractivity contribution >= 4 is 28.4 Å². The van der Waals surface area contributed by atoms with Crippen LogP contribution < -0.4 is 10.5 Å². The lowest BCUT2D eigenvalue weighted by atomic mass is 10.1. The summed E-state index contributed by atoms with van der Waals surface area (Å²) in [6, 6.07) is 5.29. The Bertz CT molecular complexity index is 761. The summed E-state index contributed by atoms with van der Waals surface area (Å²) < 4.78 is 10.3. The molecule has 6 heteroatoms. The second-order valence-corrected chi connectivity index (χ2v) is 4.65. The molecule has 0 saturated heterocycles. The Morgan fingerprint density at radius 1 is 1.42 bits per heavy atom. The third-order valence-corrected chi connectivity index (χ3v) is 3.37. The maximum Gasteiger partial charge on any atom is 0.222 e. The number of halogens is 1. The number of fused-ring (bicyclic) bond motifs is 1. The van der Waals surface area contributed by atoms with Crippen LogP contribution in [0.25, 0.3) is 22.2 Å². The van der Waals surface area contributed by atoms with E-state index in [4.69, 9.17) is 26.6 Å². The lowest BCUT2D eigenvalue weighted by Crippen LogP contribution is -1.84.